The van der Waals surface area contributed by atoms with E-state index in [4.69, 9.17) is 0 Å². The molecule has 2 heteroatoms. The molecule has 0 bridgehead atoms. The summed E-state index contributed by atoms with van der Waals surface area (Å²) < 4.78 is 0. The molecule has 0 fully saturated rings. The highest BCUT2D eigenvalue weighted by Crippen LogP contribution is 2.39. The lowest BCUT2D eigenvalue weighted by molar-refractivity contribution is -0.476. The van der Waals surface area contributed by atoms with E-state index in [1.165, 1.54) is 173 Å². The number of quaternary nitrogens is 1. The van der Waals surface area contributed by atoms with Crippen LogP contribution < -0.4 is 22.3 Å². The van der Waals surface area contributed by atoms with Crippen molar-refractivity contribution in [2.24, 2.45) is 0 Å². The van der Waals surface area contributed by atoms with Crippen LogP contribution in [0.25, 0.3) is 151 Å². The van der Waals surface area contributed by atoms with Crippen LogP contribution in [-0.4, -0.2) is 0 Å². The molecule has 0 radical (unpaired) electrons. The zero-order valence-electron chi connectivity index (χ0n) is 39.7. The number of benzene rings is 16. The molecule has 0 unspecified atom stereocenters. The van der Waals surface area contributed by atoms with E-state index in [1.807, 2.05) is 0 Å². The van der Waals surface area contributed by atoms with Crippen molar-refractivity contribution < 1.29 is 22.3 Å². The summed E-state index contributed by atoms with van der Waals surface area (Å²) in [5, 5.41) is 38.1. The Labute approximate surface area is 425 Å². The molecule has 16 aromatic rings. The van der Waals surface area contributed by atoms with Gasteiger partial charge in [0, 0.05) is 21.9 Å². The third-order valence-electron chi connectivity index (χ3n) is 16.1. The van der Waals surface area contributed by atoms with E-state index in [-0.39, 0.29) is 17.0 Å². The van der Waals surface area contributed by atoms with Gasteiger partial charge in [-0.3, -0.25) is 5.32 Å². The molecule has 0 aromatic heterocycles. The number of aryl methyl sites for hydroxylation is 2. The Morgan fingerprint density at radius 1 is 0.194 bits per heavy atom. The van der Waals surface area contributed by atoms with Crippen molar-refractivity contribution in [3.8, 4) is 0 Å². The van der Waals surface area contributed by atoms with Crippen LogP contribution in [-0.2, 0) is 0 Å². The normalized spacial score (nSPS) is 12.2. The van der Waals surface area contributed by atoms with Crippen molar-refractivity contribution >= 4 is 162 Å². The molecule has 0 aliphatic heterocycles. The Morgan fingerprint density at radius 2 is 0.375 bits per heavy atom. The lowest BCUT2D eigenvalue weighted by Gasteiger charge is -2.14. The van der Waals surface area contributed by atoms with Gasteiger partial charge in [0.1, 0.15) is 11.4 Å². The summed E-state index contributed by atoms with van der Waals surface area (Å²) in [4.78, 5) is 0. The van der Waals surface area contributed by atoms with Gasteiger partial charge >= 0.3 is 0 Å². The highest BCUT2D eigenvalue weighted by molar-refractivity contribution is 6.16. The van der Waals surface area contributed by atoms with E-state index in [0.717, 1.165) is 0 Å². The SMILES string of the molecule is Cc1ccc2cc3cc4cc5cc6cc7cc8ccccc8cc7cc6cc5cc4cc3cc2c1[NH2+]c1c(C)ccc2cc3cc4cc5cc6cc7cc8ccccc8cc7cc6cc5cc4cc3cc12.[Br-]. The Hall–Kier alpha value is -8.40. The van der Waals surface area contributed by atoms with Crippen molar-refractivity contribution in [1.29, 1.82) is 0 Å². The van der Waals surface area contributed by atoms with Crippen LogP contribution in [0.5, 0.6) is 0 Å². The van der Waals surface area contributed by atoms with Gasteiger partial charge in [0.15, 0.2) is 0 Å². The van der Waals surface area contributed by atoms with Crippen LogP contribution in [0.3, 0.4) is 0 Å². The van der Waals surface area contributed by atoms with Gasteiger partial charge in [0.05, 0.1) is 0 Å². The fourth-order valence-electron chi connectivity index (χ4n) is 12.3. The van der Waals surface area contributed by atoms with Crippen LogP contribution in [0.1, 0.15) is 11.1 Å². The molecule has 2 N–H and O–H groups in total. The standard InChI is InChI=1S/C70H43N.BrH/c1-39-11-13-45-19-51-25-57-31-59-27-53-21-47-15-41-7-3-5-9-43(41)17-49(47)23-55(53)29-61(59)33-63(57)35-65(51)37-67(45)69(39)71-70-40(2)12-14-46-20-52-26-58-32-60-28-54-22-48-16-42-8-4-6-10-44(42)18-50(48)24-56(54)30-62(60)34-64(58)36-66(52)38-68(46)70;/h3-38,71H,1-2H3;1H. The summed E-state index contributed by atoms with van der Waals surface area (Å²) >= 11 is 0. The number of fused-ring (bicyclic) bond motifs is 14. The van der Waals surface area contributed by atoms with E-state index in [9.17, 15) is 0 Å². The molecule has 0 saturated carbocycles. The number of hydrogen-bond donors (Lipinski definition) is 1. The van der Waals surface area contributed by atoms with Gasteiger partial charge in [0.2, 0.25) is 0 Å². The quantitative estimate of drug-likeness (QED) is 0.131. The van der Waals surface area contributed by atoms with Gasteiger partial charge in [-0.25, -0.2) is 0 Å². The minimum atomic E-state index is 0. The number of nitrogens with two attached hydrogens (primary N) is 1. The van der Waals surface area contributed by atoms with Gasteiger partial charge < -0.3 is 17.0 Å². The average Bonchev–Trinajstić information content (AvgIpc) is 3.37. The molecule has 72 heavy (non-hydrogen) atoms. The summed E-state index contributed by atoms with van der Waals surface area (Å²) in [5.74, 6) is 0. The van der Waals surface area contributed by atoms with Crippen LogP contribution in [0, 0.1) is 13.8 Å². The molecule has 0 amide bonds. The fraction of sp³-hybridized carbons (Fsp3) is 0.0286. The maximum atomic E-state index is 2.46. The first-order valence-electron chi connectivity index (χ1n) is 24.9. The lowest BCUT2D eigenvalue weighted by atomic mass is 9.93. The van der Waals surface area contributed by atoms with E-state index >= 15 is 0 Å². The van der Waals surface area contributed by atoms with Gasteiger partial charge in [0.25, 0.3) is 0 Å². The third kappa shape index (κ3) is 6.43. The smallest absolute Gasteiger partial charge is 0.145 e. The second-order valence-electron chi connectivity index (χ2n) is 20.6. The molecule has 0 aliphatic rings. The summed E-state index contributed by atoms with van der Waals surface area (Å²) in [6.45, 7) is 4.52. The highest BCUT2D eigenvalue weighted by Gasteiger charge is 2.18. The molecule has 0 spiro atoms. The first kappa shape index (κ1) is 41.4. The van der Waals surface area contributed by atoms with Crippen LogP contribution in [0.2, 0.25) is 0 Å². The number of rotatable bonds is 2. The van der Waals surface area contributed by atoms with Crippen LogP contribution in [0.4, 0.5) is 11.4 Å². The predicted octanol–water partition coefficient (Wildman–Crippen LogP) is 16.0. The zero-order valence-corrected chi connectivity index (χ0v) is 41.3. The molecule has 336 valence electrons. The first-order chi connectivity index (χ1) is 34.8. The molecule has 0 aliphatic carbocycles. The Kier molecular flexibility index (Phi) is 8.80. The van der Waals surface area contributed by atoms with Crippen molar-refractivity contribution in [3.63, 3.8) is 0 Å². The molecular formula is C70H44BrN. The second-order valence-corrected chi connectivity index (χ2v) is 20.6. The first-order valence-corrected chi connectivity index (χ1v) is 24.9. The Morgan fingerprint density at radius 3 is 0.597 bits per heavy atom. The summed E-state index contributed by atoms with van der Waals surface area (Å²) in [7, 11) is 0. The van der Waals surface area contributed by atoms with Gasteiger partial charge in [-0.1, -0.05) is 72.8 Å². The van der Waals surface area contributed by atoms with Crippen molar-refractivity contribution in [2.75, 3.05) is 0 Å². The summed E-state index contributed by atoms with van der Waals surface area (Å²) in [6, 6.07) is 83.6. The van der Waals surface area contributed by atoms with Crippen LogP contribution >= 0.6 is 0 Å². The number of hydrogen-bond acceptors (Lipinski definition) is 0. The molecule has 0 atom stereocenters. The Balaban J connectivity index is 0.00000462. The maximum Gasteiger partial charge on any atom is 0.145 e. The van der Waals surface area contributed by atoms with E-state index in [1.54, 1.807) is 0 Å². The lowest BCUT2D eigenvalue weighted by Crippen LogP contribution is -3.00. The fourth-order valence-corrected chi connectivity index (χ4v) is 12.3. The predicted molar refractivity (Wildman–Crippen MR) is 309 cm³/mol. The van der Waals surface area contributed by atoms with E-state index in [0.29, 0.717) is 0 Å². The molecular weight excluding hydrogens is 935 g/mol. The monoisotopic (exact) mass is 977 g/mol. The largest absolute Gasteiger partial charge is 1.00 e. The molecule has 0 heterocycles. The average molecular weight is 979 g/mol. The van der Waals surface area contributed by atoms with Crippen molar-refractivity contribution in [3.05, 3.63) is 230 Å². The molecule has 0 saturated heterocycles. The Bertz CT molecular complexity index is 4780. The van der Waals surface area contributed by atoms with Crippen molar-refractivity contribution in [2.45, 2.75) is 13.8 Å². The highest BCUT2D eigenvalue weighted by atomic mass is 79.9. The van der Waals surface area contributed by atoms with Gasteiger partial charge in [-0.2, -0.15) is 0 Å². The maximum absolute atomic E-state index is 2.46. The number of halogens is 1. The van der Waals surface area contributed by atoms with Crippen molar-refractivity contribution in [1.82, 2.24) is 0 Å². The molecule has 1 nitrogen and oxygen atoms in total. The van der Waals surface area contributed by atoms with Gasteiger partial charge in [-0.05, 0) is 299 Å². The minimum absolute atomic E-state index is 0. The summed E-state index contributed by atoms with van der Waals surface area (Å²) in [6.07, 6.45) is 0. The molecule has 16 rings (SSSR count). The zero-order chi connectivity index (χ0) is 46.6. The third-order valence-corrected chi connectivity index (χ3v) is 16.1. The molecule has 16 aromatic carbocycles. The second kappa shape index (κ2) is 15.3. The summed E-state index contributed by atoms with van der Waals surface area (Å²) in [5.41, 5.74) is 5.12. The van der Waals surface area contributed by atoms with Crippen LogP contribution in [0.15, 0.2) is 218 Å². The topological polar surface area (TPSA) is 16.6 Å². The van der Waals surface area contributed by atoms with E-state index in [2.05, 4.69) is 238 Å². The van der Waals surface area contributed by atoms with Gasteiger partial charge in [-0.15, -0.1) is 0 Å². The minimum Gasteiger partial charge on any atom is -1.00 e. The van der Waals surface area contributed by atoms with E-state index < -0.39 is 0 Å².